The molecule has 1 amide bonds. The molecule has 0 fully saturated rings. The van der Waals surface area contributed by atoms with Gasteiger partial charge in [-0.1, -0.05) is 12.1 Å². The van der Waals surface area contributed by atoms with Gasteiger partial charge in [0, 0.05) is 12.6 Å². The Morgan fingerprint density at radius 3 is 2.60 bits per heavy atom. The molecular formula is C12H20N4O4. The van der Waals surface area contributed by atoms with Gasteiger partial charge in [0.15, 0.2) is 5.69 Å². The van der Waals surface area contributed by atoms with Gasteiger partial charge in [-0.25, -0.2) is 9.48 Å². The van der Waals surface area contributed by atoms with E-state index in [1.165, 1.54) is 11.8 Å². The molecule has 0 aliphatic carbocycles. The van der Waals surface area contributed by atoms with Gasteiger partial charge in [-0.15, -0.1) is 5.10 Å². The molecule has 0 saturated carbocycles. The number of ether oxygens (including phenoxy) is 1. The van der Waals surface area contributed by atoms with Crippen molar-refractivity contribution in [3.8, 4) is 0 Å². The number of rotatable bonds is 7. The molecule has 0 bridgehead atoms. The van der Waals surface area contributed by atoms with Crippen molar-refractivity contribution in [2.45, 2.75) is 45.9 Å². The van der Waals surface area contributed by atoms with Crippen LogP contribution in [0.15, 0.2) is 0 Å². The summed E-state index contributed by atoms with van der Waals surface area (Å²) in [6.45, 7) is 5.71. The number of aromatic carboxylic acids is 1. The molecule has 20 heavy (non-hydrogen) atoms. The summed E-state index contributed by atoms with van der Waals surface area (Å²) >= 11 is 0. The van der Waals surface area contributed by atoms with Crippen molar-refractivity contribution in [2.24, 2.45) is 0 Å². The average Bonchev–Trinajstić information content (AvgIpc) is 2.72. The second-order valence-electron chi connectivity index (χ2n) is 5.07. The molecule has 0 saturated heterocycles. The highest BCUT2D eigenvalue weighted by molar-refractivity contribution is 5.86. The predicted molar refractivity (Wildman–Crippen MR) is 70.2 cm³/mol. The zero-order chi connectivity index (χ0) is 15.3. The van der Waals surface area contributed by atoms with Crippen molar-refractivity contribution < 1.29 is 19.4 Å². The molecule has 1 aromatic rings. The number of nitrogens with one attached hydrogen (secondary N) is 1. The zero-order valence-corrected chi connectivity index (χ0v) is 12.1. The Kier molecular flexibility index (Phi) is 5.20. The van der Waals surface area contributed by atoms with Crippen molar-refractivity contribution in [3.63, 3.8) is 0 Å². The van der Waals surface area contributed by atoms with Crippen molar-refractivity contribution in [1.82, 2.24) is 20.3 Å². The maximum Gasteiger partial charge on any atom is 0.358 e. The van der Waals surface area contributed by atoms with E-state index in [4.69, 9.17) is 9.84 Å². The summed E-state index contributed by atoms with van der Waals surface area (Å²) in [5, 5.41) is 19.1. The first-order valence-electron chi connectivity index (χ1n) is 6.26. The van der Waals surface area contributed by atoms with Crippen molar-refractivity contribution in [3.05, 3.63) is 11.4 Å². The Morgan fingerprint density at radius 2 is 2.10 bits per heavy atom. The van der Waals surface area contributed by atoms with E-state index in [9.17, 15) is 9.59 Å². The highest BCUT2D eigenvalue weighted by Crippen LogP contribution is 2.09. The molecule has 0 aliphatic rings. The molecule has 2 N–H and O–H groups in total. The van der Waals surface area contributed by atoms with Gasteiger partial charge in [-0.3, -0.25) is 4.79 Å². The lowest BCUT2D eigenvalue weighted by molar-refractivity contribution is -0.123. The molecule has 0 atom stereocenters. The Bertz CT molecular complexity index is 496. The summed E-state index contributed by atoms with van der Waals surface area (Å²) in [7, 11) is 1.43. The van der Waals surface area contributed by atoms with Crippen molar-refractivity contribution in [1.29, 1.82) is 0 Å². The fourth-order valence-corrected chi connectivity index (χ4v) is 1.55. The molecule has 0 aliphatic heterocycles. The highest BCUT2D eigenvalue weighted by Gasteiger charge is 2.22. The van der Waals surface area contributed by atoms with Gasteiger partial charge in [0.25, 0.3) is 0 Å². The van der Waals surface area contributed by atoms with Crippen LogP contribution in [0.4, 0.5) is 0 Å². The first-order valence-corrected chi connectivity index (χ1v) is 6.26. The van der Waals surface area contributed by atoms with E-state index in [0.717, 1.165) is 6.42 Å². The molecule has 0 radical (unpaired) electrons. The number of carboxylic acids is 1. The topological polar surface area (TPSA) is 106 Å². The van der Waals surface area contributed by atoms with E-state index in [-0.39, 0.29) is 36.0 Å². The van der Waals surface area contributed by atoms with Crippen LogP contribution in [0, 0.1) is 0 Å². The molecule has 1 aromatic heterocycles. The van der Waals surface area contributed by atoms with Gasteiger partial charge in [0.2, 0.25) is 5.91 Å². The Morgan fingerprint density at radius 1 is 1.45 bits per heavy atom. The first kappa shape index (κ1) is 16.1. The molecule has 112 valence electrons. The lowest BCUT2D eigenvalue weighted by atomic mass is 10.0. The third kappa shape index (κ3) is 4.02. The minimum absolute atomic E-state index is 0.0269. The number of carbonyl (C=O) groups is 2. The summed E-state index contributed by atoms with van der Waals surface area (Å²) in [5.41, 5.74) is -0.256. The number of amides is 1. The standard InChI is InChI=1S/C12H20N4O4/c1-5-12(2,3)13-9(17)6-16-8(7-20-4)10(11(18)19)14-15-16/h5-7H2,1-4H3,(H,13,17)(H,18,19). The zero-order valence-electron chi connectivity index (χ0n) is 12.1. The van der Waals surface area contributed by atoms with Gasteiger partial charge in [-0.2, -0.15) is 0 Å². The third-order valence-electron chi connectivity index (χ3n) is 2.98. The Balaban J connectivity index is 2.87. The molecule has 0 aromatic carbocycles. The quantitative estimate of drug-likeness (QED) is 0.752. The van der Waals surface area contributed by atoms with E-state index in [1.807, 2.05) is 20.8 Å². The molecule has 1 rings (SSSR count). The average molecular weight is 284 g/mol. The second kappa shape index (κ2) is 6.47. The second-order valence-corrected chi connectivity index (χ2v) is 5.07. The van der Waals surface area contributed by atoms with E-state index >= 15 is 0 Å². The number of aromatic nitrogens is 3. The highest BCUT2D eigenvalue weighted by atomic mass is 16.5. The van der Waals surface area contributed by atoms with Gasteiger partial charge in [-0.05, 0) is 20.3 Å². The molecule has 1 heterocycles. The summed E-state index contributed by atoms with van der Waals surface area (Å²) in [6, 6.07) is 0. The fraction of sp³-hybridized carbons (Fsp3) is 0.667. The van der Waals surface area contributed by atoms with Crippen LogP contribution in [0.2, 0.25) is 0 Å². The summed E-state index contributed by atoms with van der Waals surface area (Å²) in [5.74, 6) is -1.45. The number of carbonyl (C=O) groups excluding carboxylic acids is 1. The maximum absolute atomic E-state index is 11.9. The van der Waals surface area contributed by atoms with E-state index < -0.39 is 5.97 Å². The lowest BCUT2D eigenvalue weighted by Crippen LogP contribution is -2.44. The SMILES string of the molecule is CCC(C)(C)NC(=O)Cn1nnc(C(=O)O)c1COC. The minimum atomic E-state index is -1.20. The van der Waals surface area contributed by atoms with Crippen LogP contribution in [0.3, 0.4) is 0 Å². The molecular weight excluding hydrogens is 264 g/mol. The lowest BCUT2D eigenvalue weighted by Gasteiger charge is -2.24. The Labute approximate surface area is 117 Å². The van der Waals surface area contributed by atoms with Crippen LogP contribution in [-0.2, 0) is 22.7 Å². The van der Waals surface area contributed by atoms with Gasteiger partial charge >= 0.3 is 5.97 Å². The number of hydrogen-bond donors (Lipinski definition) is 2. The normalized spacial score (nSPS) is 11.4. The summed E-state index contributed by atoms with van der Waals surface area (Å²) in [4.78, 5) is 22.9. The monoisotopic (exact) mass is 284 g/mol. The minimum Gasteiger partial charge on any atom is -0.476 e. The van der Waals surface area contributed by atoms with Gasteiger partial charge in [0.1, 0.15) is 6.54 Å². The summed E-state index contributed by atoms with van der Waals surface area (Å²) < 4.78 is 6.17. The van der Waals surface area contributed by atoms with E-state index in [0.29, 0.717) is 0 Å². The number of carboxylic acid groups (broad SMARTS) is 1. The number of methoxy groups -OCH3 is 1. The van der Waals surface area contributed by atoms with Crippen LogP contribution in [0.5, 0.6) is 0 Å². The van der Waals surface area contributed by atoms with Crippen LogP contribution >= 0.6 is 0 Å². The summed E-state index contributed by atoms with van der Waals surface area (Å²) in [6.07, 6.45) is 0.779. The van der Waals surface area contributed by atoms with Crippen LogP contribution in [-0.4, -0.2) is 44.6 Å². The van der Waals surface area contributed by atoms with Gasteiger partial charge < -0.3 is 15.2 Å². The number of hydrogen-bond acceptors (Lipinski definition) is 5. The smallest absolute Gasteiger partial charge is 0.358 e. The third-order valence-corrected chi connectivity index (χ3v) is 2.98. The van der Waals surface area contributed by atoms with Gasteiger partial charge in [0.05, 0.1) is 12.3 Å². The van der Waals surface area contributed by atoms with E-state index in [2.05, 4.69) is 15.6 Å². The van der Waals surface area contributed by atoms with E-state index in [1.54, 1.807) is 0 Å². The maximum atomic E-state index is 11.9. The number of nitrogens with zero attached hydrogens (tertiary/aromatic N) is 3. The van der Waals surface area contributed by atoms with Crippen LogP contribution < -0.4 is 5.32 Å². The molecule has 8 nitrogen and oxygen atoms in total. The first-order chi connectivity index (χ1) is 9.30. The van der Waals surface area contributed by atoms with Crippen LogP contribution in [0.1, 0.15) is 43.4 Å². The van der Waals surface area contributed by atoms with Crippen molar-refractivity contribution >= 4 is 11.9 Å². The fourth-order valence-electron chi connectivity index (χ4n) is 1.55. The predicted octanol–water partition coefficient (Wildman–Crippen LogP) is 0.428. The molecule has 8 heteroatoms. The molecule has 0 unspecified atom stereocenters. The molecule has 0 spiro atoms. The largest absolute Gasteiger partial charge is 0.476 e. The van der Waals surface area contributed by atoms with Crippen LogP contribution in [0.25, 0.3) is 0 Å². The van der Waals surface area contributed by atoms with Crippen molar-refractivity contribution in [2.75, 3.05) is 7.11 Å². The Hall–Kier alpha value is -1.96.